The Kier molecular flexibility index (Phi) is 4.85. The number of nitrogens with one attached hydrogen (secondary N) is 1. The molecule has 1 fully saturated rings. The molecule has 2 rings (SSSR count). The van der Waals surface area contributed by atoms with Crippen molar-refractivity contribution in [3.05, 3.63) is 12.2 Å². The van der Waals surface area contributed by atoms with Gasteiger partial charge in [-0.25, -0.2) is 0 Å². The van der Waals surface area contributed by atoms with Gasteiger partial charge in [-0.15, -0.1) is 0 Å². The van der Waals surface area contributed by atoms with Crippen LogP contribution in [0.2, 0.25) is 0 Å². The van der Waals surface area contributed by atoms with E-state index in [1.807, 2.05) is 0 Å². The maximum Gasteiger partial charge on any atom is 0.0622 e. The van der Waals surface area contributed by atoms with Gasteiger partial charge in [-0.1, -0.05) is 26.0 Å². The molecule has 18 heavy (non-hydrogen) atoms. The van der Waals surface area contributed by atoms with Crippen LogP contribution in [0.25, 0.3) is 0 Å². The van der Waals surface area contributed by atoms with Crippen molar-refractivity contribution < 1.29 is 4.74 Å². The molecule has 2 aliphatic rings. The molecule has 0 spiro atoms. The third-order valence-electron chi connectivity index (χ3n) is 4.76. The molecule has 0 aromatic carbocycles. The number of fused-ring (bicyclic) bond motifs is 2. The molecule has 0 heterocycles. The number of ether oxygens (including phenoxy) is 1. The summed E-state index contributed by atoms with van der Waals surface area (Å²) >= 11 is 0. The summed E-state index contributed by atoms with van der Waals surface area (Å²) < 4.78 is 5.61. The van der Waals surface area contributed by atoms with Gasteiger partial charge >= 0.3 is 0 Å². The van der Waals surface area contributed by atoms with E-state index in [0.717, 1.165) is 31.0 Å². The van der Waals surface area contributed by atoms with Gasteiger partial charge in [0.15, 0.2) is 0 Å². The normalized spacial score (nSPS) is 33.3. The summed E-state index contributed by atoms with van der Waals surface area (Å²) in [7, 11) is 0. The van der Waals surface area contributed by atoms with E-state index in [2.05, 4.69) is 45.2 Å². The van der Waals surface area contributed by atoms with Gasteiger partial charge in [0, 0.05) is 18.7 Å². The standard InChI is InChI=1S/C16H29NO/c1-5-18-10-16(11(2)3)17-12(4)15-9-13-6-7-14(15)8-13/h6-7,11-17H,5,8-10H2,1-4H3. The largest absolute Gasteiger partial charge is 0.380 e. The fraction of sp³-hybridized carbons (Fsp3) is 0.875. The Morgan fingerprint density at radius 3 is 2.50 bits per heavy atom. The van der Waals surface area contributed by atoms with E-state index in [-0.39, 0.29) is 0 Å². The Hall–Kier alpha value is -0.340. The highest BCUT2D eigenvalue weighted by molar-refractivity contribution is 5.11. The van der Waals surface area contributed by atoms with Gasteiger partial charge in [-0.2, -0.15) is 0 Å². The molecule has 0 radical (unpaired) electrons. The molecule has 2 bridgehead atoms. The van der Waals surface area contributed by atoms with Crippen LogP contribution in [0, 0.1) is 23.7 Å². The van der Waals surface area contributed by atoms with Crippen molar-refractivity contribution in [2.24, 2.45) is 23.7 Å². The monoisotopic (exact) mass is 251 g/mol. The van der Waals surface area contributed by atoms with Crippen LogP contribution in [-0.4, -0.2) is 25.3 Å². The molecule has 0 amide bonds. The molecule has 0 saturated heterocycles. The van der Waals surface area contributed by atoms with Gasteiger partial charge < -0.3 is 10.1 Å². The van der Waals surface area contributed by atoms with Gasteiger partial charge in [0.1, 0.15) is 0 Å². The lowest BCUT2D eigenvalue weighted by Crippen LogP contribution is -2.47. The van der Waals surface area contributed by atoms with Gasteiger partial charge in [0.05, 0.1) is 6.61 Å². The van der Waals surface area contributed by atoms with E-state index in [1.54, 1.807) is 0 Å². The minimum atomic E-state index is 0.489. The Balaban J connectivity index is 1.84. The fourth-order valence-corrected chi connectivity index (χ4v) is 3.54. The second-order valence-electron chi connectivity index (χ2n) is 6.41. The number of hydrogen-bond donors (Lipinski definition) is 1. The van der Waals surface area contributed by atoms with Gasteiger partial charge in [-0.3, -0.25) is 0 Å². The molecule has 5 unspecified atom stereocenters. The van der Waals surface area contributed by atoms with Crippen LogP contribution in [0.1, 0.15) is 40.5 Å². The molecule has 2 heteroatoms. The quantitative estimate of drug-likeness (QED) is 0.701. The Bertz CT molecular complexity index is 287. The lowest BCUT2D eigenvalue weighted by atomic mass is 9.86. The first kappa shape index (κ1) is 14.1. The topological polar surface area (TPSA) is 21.3 Å². The van der Waals surface area contributed by atoms with Crippen LogP contribution in [0.5, 0.6) is 0 Å². The van der Waals surface area contributed by atoms with Crippen molar-refractivity contribution in [1.29, 1.82) is 0 Å². The van der Waals surface area contributed by atoms with Gasteiger partial charge in [0.2, 0.25) is 0 Å². The highest BCUT2D eigenvalue weighted by Gasteiger charge is 2.38. The SMILES string of the molecule is CCOCC(NC(C)C1CC2C=CC1C2)C(C)C. The zero-order valence-corrected chi connectivity index (χ0v) is 12.4. The minimum Gasteiger partial charge on any atom is -0.380 e. The molecule has 0 aromatic rings. The van der Waals surface area contributed by atoms with Crippen LogP contribution in [0.3, 0.4) is 0 Å². The third kappa shape index (κ3) is 3.16. The van der Waals surface area contributed by atoms with Gasteiger partial charge in [-0.05, 0) is 50.4 Å². The summed E-state index contributed by atoms with van der Waals surface area (Å²) in [6.07, 6.45) is 7.65. The highest BCUT2D eigenvalue weighted by atomic mass is 16.5. The summed E-state index contributed by atoms with van der Waals surface area (Å²) in [5.74, 6) is 3.17. The van der Waals surface area contributed by atoms with Crippen LogP contribution < -0.4 is 5.32 Å². The zero-order valence-electron chi connectivity index (χ0n) is 12.4. The van der Waals surface area contributed by atoms with Gasteiger partial charge in [0.25, 0.3) is 0 Å². The fourth-order valence-electron chi connectivity index (χ4n) is 3.54. The maximum atomic E-state index is 5.61. The predicted molar refractivity (Wildman–Crippen MR) is 76.6 cm³/mol. The van der Waals surface area contributed by atoms with E-state index in [1.165, 1.54) is 12.8 Å². The summed E-state index contributed by atoms with van der Waals surface area (Å²) in [5, 5.41) is 3.82. The molecule has 1 saturated carbocycles. The van der Waals surface area contributed by atoms with Crippen molar-refractivity contribution in [1.82, 2.24) is 5.32 Å². The Morgan fingerprint density at radius 1 is 1.22 bits per heavy atom. The maximum absolute atomic E-state index is 5.61. The van der Waals surface area contributed by atoms with Crippen LogP contribution in [0.15, 0.2) is 12.2 Å². The summed E-state index contributed by atoms with van der Waals surface area (Å²) in [4.78, 5) is 0. The van der Waals surface area contributed by atoms with Crippen molar-refractivity contribution in [2.75, 3.05) is 13.2 Å². The van der Waals surface area contributed by atoms with E-state index >= 15 is 0 Å². The lowest BCUT2D eigenvalue weighted by Gasteiger charge is -2.32. The molecule has 1 N–H and O–H groups in total. The summed E-state index contributed by atoms with van der Waals surface area (Å²) in [6, 6.07) is 1.10. The molecular weight excluding hydrogens is 222 g/mol. The van der Waals surface area contributed by atoms with Crippen molar-refractivity contribution in [2.45, 2.75) is 52.6 Å². The van der Waals surface area contributed by atoms with Crippen molar-refractivity contribution >= 4 is 0 Å². The average Bonchev–Trinajstić information content (AvgIpc) is 2.95. The van der Waals surface area contributed by atoms with Crippen molar-refractivity contribution in [3.63, 3.8) is 0 Å². The average molecular weight is 251 g/mol. The van der Waals surface area contributed by atoms with Crippen LogP contribution in [-0.2, 0) is 4.74 Å². The Labute approximate surface area is 112 Å². The first-order valence-corrected chi connectivity index (χ1v) is 7.64. The molecule has 2 aliphatic carbocycles. The Morgan fingerprint density at radius 2 is 2.00 bits per heavy atom. The molecule has 5 atom stereocenters. The van der Waals surface area contributed by atoms with E-state index in [0.29, 0.717) is 18.0 Å². The minimum absolute atomic E-state index is 0.489. The zero-order chi connectivity index (χ0) is 13.1. The first-order valence-electron chi connectivity index (χ1n) is 7.64. The first-order chi connectivity index (χ1) is 8.61. The summed E-state index contributed by atoms with van der Waals surface area (Å²) in [5.41, 5.74) is 0. The third-order valence-corrected chi connectivity index (χ3v) is 4.76. The van der Waals surface area contributed by atoms with Crippen LogP contribution >= 0.6 is 0 Å². The second kappa shape index (κ2) is 6.21. The molecule has 2 nitrogen and oxygen atoms in total. The van der Waals surface area contributed by atoms with E-state index < -0.39 is 0 Å². The number of allylic oxidation sites excluding steroid dienone is 2. The number of hydrogen-bond acceptors (Lipinski definition) is 2. The molecular formula is C16H29NO. The second-order valence-corrected chi connectivity index (χ2v) is 6.41. The predicted octanol–water partition coefficient (Wildman–Crippen LogP) is 3.24. The number of rotatable bonds is 7. The van der Waals surface area contributed by atoms with Crippen LogP contribution in [0.4, 0.5) is 0 Å². The van der Waals surface area contributed by atoms with E-state index in [9.17, 15) is 0 Å². The summed E-state index contributed by atoms with van der Waals surface area (Å²) in [6.45, 7) is 10.7. The van der Waals surface area contributed by atoms with E-state index in [4.69, 9.17) is 4.74 Å². The smallest absolute Gasteiger partial charge is 0.0622 e. The molecule has 104 valence electrons. The highest BCUT2D eigenvalue weighted by Crippen LogP contribution is 2.44. The van der Waals surface area contributed by atoms with Crippen molar-refractivity contribution in [3.8, 4) is 0 Å². The molecule has 0 aromatic heterocycles. The molecule has 0 aliphatic heterocycles. The lowest BCUT2D eigenvalue weighted by molar-refractivity contribution is 0.0986.